The van der Waals surface area contributed by atoms with Crippen LogP contribution in [0.1, 0.15) is 27.6 Å². The van der Waals surface area contributed by atoms with Gasteiger partial charge in [-0.15, -0.1) is 0 Å². The summed E-state index contributed by atoms with van der Waals surface area (Å²) in [5.41, 5.74) is 3.01. The van der Waals surface area contributed by atoms with E-state index in [1.807, 2.05) is 78.9 Å². The molecule has 0 aromatic heterocycles. The number of fused-ring (bicyclic) bond motifs is 1. The molecule has 2 nitrogen and oxygen atoms in total. The number of ether oxygens (including phenoxy) is 1. The third-order valence-electron chi connectivity index (χ3n) is 4.19. The molecule has 0 unspecified atom stereocenters. The van der Waals surface area contributed by atoms with Crippen molar-refractivity contribution in [2.45, 2.75) is 6.10 Å². The standard InChI is InChI=1S/C22H15ClO2/c23-17-10-6-7-15(13-17)14-19-21(24)18-11-4-5-12-20(18)25-22(19)16-8-2-1-3-9-16/h1-14,22H/b19-14+/t22-/m0/s1. The van der Waals surface area contributed by atoms with Gasteiger partial charge in [0.15, 0.2) is 11.9 Å². The average Bonchev–Trinajstić information content (AvgIpc) is 2.65. The summed E-state index contributed by atoms with van der Waals surface area (Å²) in [7, 11) is 0. The van der Waals surface area contributed by atoms with Gasteiger partial charge in [-0.05, 0) is 41.5 Å². The average molecular weight is 347 g/mol. The number of rotatable bonds is 2. The fourth-order valence-corrected chi connectivity index (χ4v) is 3.21. The van der Waals surface area contributed by atoms with E-state index < -0.39 is 6.10 Å². The highest BCUT2D eigenvalue weighted by Gasteiger charge is 2.32. The number of hydrogen-bond acceptors (Lipinski definition) is 2. The molecule has 0 N–H and O–H groups in total. The fraction of sp³-hybridized carbons (Fsp3) is 0.0455. The molecular formula is C22H15ClO2. The molecule has 0 amide bonds. The zero-order chi connectivity index (χ0) is 17.2. The van der Waals surface area contributed by atoms with Gasteiger partial charge >= 0.3 is 0 Å². The van der Waals surface area contributed by atoms with E-state index in [9.17, 15) is 4.79 Å². The lowest BCUT2D eigenvalue weighted by molar-refractivity contribution is 0.0963. The molecule has 1 aliphatic rings. The fourth-order valence-electron chi connectivity index (χ4n) is 3.01. The van der Waals surface area contributed by atoms with Gasteiger partial charge in [-0.2, -0.15) is 0 Å². The van der Waals surface area contributed by atoms with Gasteiger partial charge in [-0.25, -0.2) is 0 Å². The second-order valence-corrected chi connectivity index (χ2v) is 6.32. The summed E-state index contributed by atoms with van der Waals surface area (Å²) in [6, 6.07) is 24.6. The quantitative estimate of drug-likeness (QED) is 0.553. The largest absolute Gasteiger partial charge is 0.480 e. The first kappa shape index (κ1) is 15.7. The molecule has 1 aliphatic heterocycles. The van der Waals surface area contributed by atoms with Crippen LogP contribution in [0.25, 0.3) is 6.08 Å². The van der Waals surface area contributed by atoms with Crippen LogP contribution in [0.2, 0.25) is 5.02 Å². The van der Waals surface area contributed by atoms with Gasteiger partial charge in [0.05, 0.1) is 5.56 Å². The normalized spacial score (nSPS) is 17.9. The molecule has 0 spiro atoms. The zero-order valence-electron chi connectivity index (χ0n) is 13.4. The highest BCUT2D eigenvalue weighted by molar-refractivity contribution is 6.30. The van der Waals surface area contributed by atoms with Crippen LogP contribution in [0.4, 0.5) is 0 Å². The topological polar surface area (TPSA) is 26.3 Å². The SMILES string of the molecule is O=C1/C(=C\c2cccc(Cl)c2)[C@H](c2ccccc2)Oc2ccccc21. The molecule has 1 heterocycles. The lowest BCUT2D eigenvalue weighted by Gasteiger charge is -2.28. The molecule has 25 heavy (non-hydrogen) atoms. The van der Waals surface area contributed by atoms with Crippen molar-refractivity contribution in [1.82, 2.24) is 0 Å². The minimum atomic E-state index is -0.442. The first-order valence-corrected chi connectivity index (χ1v) is 8.42. The van der Waals surface area contributed by atoms with E-state index in [1.165, 1.54) is 0 Å². The van der Waals surface area contributed by atoms with Crippen molar-refractivity contribution in [3.8, 4) is 5.75 Å². The van der Waals surface area contributed by atoms with Crippen LogP contribution in [-0.4, -0.2) is 5.78 Å². The number of ketones is 1. The minimum Gasteiger partial charge on any atom is -0.480 e. The van der Waals surface area contributed by atoms with Gasteiger partial charge < -0.3 is 4.74 Å². The van der Waals surface area contributed by atoms with Gasteiger partial charge in [-0.1, -0.05) is 66.2 Å². The maximum absolute atomic E-state index is 13.1. The Hall–Kier alpha value is -2.84. The molecule has 3 aromatic rings. The van der Waals surface area contributed by atoms with Crippen molar-refractivity contribution >= 4 is 23.5 Å². The molecule has 0 fully saturated rings. The number of halogens is 1. The van der Waals surface area contributed by atoms with Crippen molar-refractivity contribution in [2.24, 2.45) is 0 Å². The number of hydrogen-bond donors (Lipinski definition) is 0. The first-order valence-electron chi connectivity index (χ1n) is 8.05. The predicted octanol–water partition coefficient (Wildman–Crippen LogP) is 5.74. The van der Waals surface area contributed by atoms with Crippen molar-refractivity contribution in [1.29, 1.82) is 0 Å². The monoisotopic (exact) mass is 346 g/mol. The van der Waals surface area contributed by atoms with Crippen molar-refractivity contribution in [2.75, 3.05) is 0 Å². The number of para-hydroxylation sites is 1. The molecule has 0 aliphatic carbocycles. The van der Waals surface area contributed by atoms with E-state index in [4.69, 9.17) is 16.3 Å². The summed E-state index contributed by atoms with van der Waals surface area (Å²) in [5, 5.41) is 0.634. The van der Waals surface area contributed by atoms with Crippen molar-refractivity contribution in [3.05, 3.63) is 106 Å². The van der Waals surface area contributed by atoms with E-state index in [2.05, 4.69) is 0 Å². The van der Waals surface area contributed by atoms with Crippen LogP contribution < -0.4 is 4.74 Å². The maximum atomic E-state index is 13.1. The van der Waals surface area contributed by atoms with Crippen LogP contribution in [0.3, 0.4) is 0 Å². The lowest BCUT2D eigenvalue weighted by atomic mass is 9.89. The van der Waals surface area contributed by atoms with Gasteiger partial charge in [-0.3, -0.25) is 4.79 Å². The molecule has 0 bridgehead atoms. The minimum absolute atomic E-state index is 0.0179. The number of Topliss-reactive ketones (excluding diaryl/α,β-unsaturated/α-hetero) is 1. The lowest BCUT2D eigenvalue weighted by Crippen LogP contribution is -2.23. The Labute approximate surface area is 151 Å². The third kappa shape index (κ3) is 3.09. The Kier molecular flexibility index (Phi) is 4.12. The van der Waals surface area contributed by atoms with E-state index in [0.29, 0.717) is 21.9 Å². The van der Waals surface area contributed by atoms with Crippen LogP contribution in [0, 0.1) is 0 Å². The van der Waals surface area contributed by atoms with Crippen LogP contribution in [0.15, 0.2) is 84.4 Å². The molecule has 0 radical (unpaired) electrons. The number of carbonyl (C=O) groups is 1. The first-order chi connectivity index (χ1) is 12.2. The van der Waals surface area contributed by atoms with E-state index in [0.717, 1.165) is 11.1 Å². The second kappa shape index (κ2) is 6.58. The second-order valence-electron chi connectivity index (χ2n) is 5.89. The maximum Gasteiger partial charge on any atom is 0.196 e. The Morgan fingerprint density at radius 3 is 2.44 bits per heavy atom. The molecule has 0 saturated heterocycles. The summed E-state index contributed by atoms with van der Waals surface area (Å²) >= 11 is 6.09. The summed E-state index contributed by atoms with van der Waals surface area (Å²) in [4.78, 5) is 13.1. The molecule has 1 atom stereocenters. The molecule has 122 valence electrons. The molecular weight excluding hydrogens is 332 g/mol. The number of benzene rings is 3. The summed E-state index contributed by atoms with van der Waals surface area (Å²) < 4.78 is 6.18. The Bertz CT molecular complexity index is 961. The number of carbonyl (C=O) groups excluding carboxylic acids is 1. The smallest absolute Gasteiger partial charge is 0.196 e. The van der Waals surface area contributed by atoms with E-state index >= 15 is 0 Å². The van der Waals surface area contributed by atoms with Crippen LogP contribution in [0.5, 0.6) is 5.75 Å². The van der Waals surface area contributed by atoms with Crippen molar-refractivity contribution < 1.29 is 9.53 Å². The highest BCUT2D eigenvalue weighted by Crippen LogP contribution is 2.39. The molecule has 0 saturated carbocycles. The Morgan fingerprint density at radius 1 is 0.880 bits per heavy atom. The summed E-state index contributed by atoms with van der Waals surface area (Å²) in [5.74, 6) is 0.597. The summed E-state index contributed by atoms with van der Waals surface area (Å²) in [6.45, 7) is 0. The van der Waals surface area contributed by atoms with Crippen LogP contribution >= 0.6 is 11.6 Å². The van der Waals surface area contributed by atoms with Crippen molar-refractivity contribution in [3.63, 3.8) is 0 Å². The molecule has 3 aromatic carbocycles. The highest BCUT2D eigenvalue weighted by atomic mass is 35.5. The van der Waals surface area contributed by atoms with Gasteiger partial charge in [0.25, 0.3) is 0 Å². The Morgan fingerprint density at radius 2 is 1.64 bits per heavy atom. The predicted molar refractivity (Wildman–Crippen MR) is 100 cm³/mol. The van der Waals surface area contributed by atoms with Gasteiger partial charge in [0, 0.05) is 10.6 Å². The third-order valence-corrected chi connectivity index (χ3v) is 4.43. The molecule has 3 heteroatoms. The van der Waals surface area contributed by atoms with Gasteiger partial charge in [0.1, 0.15) is 5.75 Å². The van der Waals surface area contributed by atoms with Crippen LogP contribution in [-0.2, 0) is 0 Å². The van der Waals surface area contributed by atoms with E-state index in [1.54, 1.807) is 6.07 Å². The molecule has 4 rings (SSSR count). The zero-order valence-corrected chi connectivity index (χ0v) is 14.1. The summed E-state index contributed by atoms with van der Waals surface area (Å²) in [6.07, 6.45) is 1.42. The van der Waals surface area contributed by atoms with Gasteiger partial charge in [0.2, 0.25) is 0 Å². The van der Waals surface area contributed by atoms with E-state index in [-0.39, 0.29) is 5.78 Å². The Balaban J connectivity index is 1.87.